The van der Waals surface area contributed by atoms with Crippen LogP contribution in [0.5, 0.6) is 5.75 Å². The van der Waals surface area contributed by atoms with Gasteiger partial charge < -0.3 is 20.5 Å². The van der Waals surface area contributed by atoms with E-state index in [9.17, 15) is 4.79 Å². The SMILES string of the molecule is CCNC(=O)O.COc1cc2c(cc1Br)C(C)C1CNCC21. The highest BCUT2D eigenvalue weighted by Gasteiger charge is 2.41. The molecule has 3 N–H and O–H groups in total. The average Bonchev–Trinajstić information content (AvgIpc) is 3.03. The number of carbonyl (C=O) groups is 1. The first-order valence-corrected chi connectivity index (χ1v) is 8.33. The van der Waals surface area contributed by atoms with Crippen molar-refractivity contribution < 1.29 is 14.6 Å². The van der Waals surface area contributed by atoms with Crippen LogP contribution in [0.15, 0.2) is 16.6 Å². The molecule has 122 valence electrons. The number of benzene rings is 1. The Balaban J connectivity index is 0.000000254. The fourth-order valence-electron chi connectivity index (χ4n) is 3.40. The lowest BCUT2D eigenvalue weighted by Gasteiger charge is -2.12. The lowest BCUT2D eigenvalue weighted by Crippen LogP contribution is -2.19. The second-order valence-corrected chi connectivity index (χ2v) is 6.52. The Labute approximate surface area is 139 Å². The number of amides is 1. The summed E-state index contributed by atoms with van der Waals surface area (Å²) < 4.78 is 6.46. The molecule has 2 aliphatic rings. The van der Waals surface area contributed by atoms with E-state index in [4.69, 9.17) is 9.84 Å². The fraction of sp³-hybridized carbons (Fsp3) is 0.562. The van der Waals surface area contributed by atoms with Crippen molar-refractivity contribution >= 4 is 22.0 Å². The topological polar surface area (TPSA) is 70.6 Å². The number of carboxylic acid groups (broad SMARTS) is 1. The Hall–Kier alpha value is -1.27. The molecule has 1 aliphatic carbocycles. The van der Waals surface area contributed by atoms with E-state index in [0.29, 0.717) is 18.4 Å². The molecule has 1 saturated heterocycles. The molecule has 1 amide bonds. The summed E-state index contributed by atoms with van der Waals surface area (Å²) in [6.45, 7) is 6.83. The van der Waals surface area contributed by atoms with Crippen molar-refractivity contribution in [3.8, 4) is 5.75 Å². The molecule has 1 aromatic rings. The van der Waals surface area contributed by atoms with Crippen LogP contribution in [0.3, 0.4) is 0 Å². The summed E-state index contributed by atoms with van der Waals surface area (Å²) in [7, 11) is 1.73. The molecule has 1 heterocycles. The summed E-state index contributed by atoms with van der Waals surface area (Å²) in [5, 5.41) is 13.4. The number of hydrogen-bond acceptors (Lipinski definition) is 3. The molecule has 22 heavy (non-hydrogen) atoms. The maximum atomic E-state index is 9.49. The van der Waals surface area contributed by atoms with Gasteiger partial charge in [0.25, 0.3) is 0 Å². The maximum Gasteiger partial charge on any atom is 0.404 e. The van der Waals surface area contributed by atoms with Crippen LogP contribution in [-0.2, 0) is 0 Å². The second-order valence-electron chi connectivity index (χ2n) is 5.67. The third-order valence-corrected chi connectivity index (χ3v) is 5.10. The van der Waals surface area contributed by atoms with E-state index in [2.05, 4.69) is 45.6 Å². The van der Waals surface area contributed by atoms with Gasteiger partial charge in [0.2, 0.25) is 0 Å². The van der Waals surface area contributed by atoms with Crippen LogP contribution in [0.4, 0.5) is 4.79 Å². The van der Waals surface area contributed by atoms with Crippen molar-refractivity contribution in [2.75, 3.05) is 26.7 Å². The Bertz CT molecular complexity index is 550. The molecule has 0 radical (unpaired) electrons. The van der Waals surface area contributed by atoms with Crippen LogP contribution in [0.1, 0.15) is 36.8 Å². The third-order valence-electron chi connectivity index (χ3n) is 4.48. The zero-order chi connectivity index (χ0) is 16.3. The molecular formula is C16H23BrN2O3. The molecule has 1 aliphatic heterocycles. The molecule has 5 nitrogen and oxygen atoms in total. The van der Waals surface area contributed by atoms with Gasteiger partial charge in [0.05, 0.1) is 11.6 Å². The van der Waals surface area contributed by atoms with Crippen molar-refractivity contribution in [1.29, 1.82) is 0 Å². The highest BCUT2D eigenvalue weighted by molar-refractivity contribution is 9.10. The van der Waals surface area contributed by atoms with E-state index in [1.807, 2.05) is 0 Å². The van der Waals surface area contributed by atoms with E-state index in [-0.39, 0.29) is 0 Å². The summed E-state index contributed by atoms with van der Waals surface area (Å²) in [4.78, 5) is 9.49. The van der Waals surface area contributed by atoms with Crippen LogP contribution < -0.4 is 15.4 Å². The normalized spacial score (nSPS) is 24.8. The number of fused-ring (bicyclic) bond motifs is 3. The minimum Gasteiger partial charge on any atom is -0.496 e. The lowest BCUT2D eigenvalue weighted by atomic mass is 9.91. The van der Waals surface area contributed by atoms with Crippen LogP contribution >= 0.6 is 15.9 Å². The van der Waals surface area contributed by atoms with Crippen molar-refractivity contribution in [2.45, 2.75) is 25.7 Å². The fourth-order valence-corrected chi connectivity index (χ4v) is 3.93. The molecule has 1 fully saturated rings. The minimum absolute atomic E-state index is 0.481. The molecule has 3 rings (SSSR count). The molecule has 6 heteroatoms. The first-order valence-electron chi connectivity index (χ1n) is 7.54. The summed E-state index contributed by atoms with van der Waals surface area (Å²) in [6.07, 6.45) is -0.961. The quantitative estimate of drug-likeness (QED) is 0.747. The summed E-state index contributed by atoms with van der Waals surface area (Å²) in [5.74, 6) is 3.08. The molecule has 0 aromatic heterocycles. The van der Waals surface area contributed by atoms with Crippen molar-refractivity contribution in [1.82, 2.24) is 10.6 Å². The molecule has 0 spiro atoms. The molecule has 0 saturated carbocycles. The highest BCUT2D eigenvalue weighted by atomic mass is 79.9. The summed E-state index contributed by atoms with van der Waals surface area (Å²) >= 11 is 3.58. The van der Waals surface area contributed by atoms with Gasteiger partial charge in [-0.1, -0.05) is 6.92 Å². The Kier molecular flexibility index (Phi) is 5.69. The largest absolute Gasteiger partial charge is 0.496 e. The zero-order valence-electron chi connectivity index (χ0n) is 13.1. The van der Waals surface area contributed by atoms with Crippen LogP contribution in [0.2, 0.25) is 0 Å². The number of nitrogens with one attached hydrogen (secondary N) is 2. The third kappa shape index (κ3) is 3.38. The lowest BCUT2D eigenvalue weighted by molar-refractivity contribution is 0.195. The maximum absolute atomic E-state index is 9.49. The van der Waals surface area contributed by atoms with Crippen molar-refractivity contribution in [2.24, 2.45) is 5.92 Å². The molecule has 3 unspecified atom stereocenters. The van der Waals surface area contributed by atoms with E-state index < -0.39 is 6.09 Å². The first kappa shape index (κ1) is 17.1. The van der Waals surface area contributed by atoms with Gasteiger partial charge in [-0.3, -0.25) is 0 Å². The van der Waals surface area contributed by atoms with E-state index >= 15 is 0 Å². The number of methoxy groups -OCH3 is 1. The monoisotopic (exact) mass is 370 g/mol. The molecular weight excluding hydrogens is 348 g/mol. The van der Waals surface area contributed by atoms with Gasteiger partial charge in [0.15, 0.2) is 0 Å². The van der Waals surface area contributed by atoms with Crippen LogP contribution in [0.25, 0.3) is 0 Å². The highest BCUT2D eigenvalue weighted by Crippen LogP contribution is 2.50. The van der Waals surface area contributed by atoms with Gasteiger partial charge in [0, 0.05) is 19.0 Å². The number of rotatable bonds is 2. The van der Waals surface area contributed by atoms with Crippen molar-refractivity contribution in [3.05, 3.63) is 27.7 Å². The van der Waals surface area contributed by atoms with Gasteiger partial charge in [-0.05, 0) is 64.5 Å². The Morgan fingerprint density at radius 3 is 2.73 bits per heavy atom. The van der Waals surface area contributed by atoms with Gasteiger partial charge >= 0.3 is 6.09 Å². The molecule has 0 bridgehead atoms. The Morgan fingerprint density at radius 2 is 2.18 bits per heavy atom. The molecule has 1 aromatic carbocycles. The van der Waals surface area contributed by atoms with Crippen molar-refractivity contribution in [3.63, 3.8) is 0 Å². The number of ether oxygens (including phenoxy) is 1. The first-order chi connectivity index (χ1) is 10.5. The van der Waals surface area contributed by atoms with E-state index in [0.717, 1.165) is 29.2 Å². The smallest absolute Gasteiger partial charge is 0.404 e. The predicted octanol–water partition coefficient (Wildman–Crippen LogP) is 3.15. The number of halogens is 1. The predicted molar refractivity (Wildman–Crippen MR) is 89.9 cm³/mol. The van der Waals surface area contributed by atoms with Crippen LogP contribution in [0, 0.1) is 5.92 Å². The average molecular weight is 371 g/mol. The standard InChI is InChI=1S/C13H16BrNO.C3H7NO2/c1-7-8-3-12(14)13(16-2)4-9(8)11-6-15-5-10(7)11;1-2-4-3(5)6/h3-4,7,10-11,15H,5-6H2,1-2H3;4H,2H2,1H3,(H,5,6). The second kappa shape index (κ2) is 7.33. The summed E-state index contributed by atoms with van der Waals surface area (Å²) in [5.41, 5.74) is 2.99. The zero-order valence-corrected chi connectivity index (χ0v) is 14.7. The Morgan fingerprint density at radius 1 is 1.45 bits per heavy atom. The summed E-state index contributed by atoms with van der Waals surface area (Å²) in [6, 6.07) is 4.46. The van der Waals surface area contributed by atoms with E-state index in [1.54, 1.807) is 14.0 Å². The van der Waals surface area contributed by atoms with Gasteiger partial charge in [-0.25, -0.2) is 4.79 Å². The molecule has 3 atom stereocenters. The van der Waals surface area contributed by atoms with Gasteiger partial charge in [0.1, 0.15) is 5.75 Å². The van der Waals surface area contributed by atoms with E-state index in [1.165, 1.54) is 11.1 Å². The number of hydrogen-bond donors (Lipinski definition) is 3. The van der Waals surface area contributed by atoms with Gasteiger partial charge in [-0.15, -0.1) is 0 Å². The van der Waals surface area contributed by atoms with Crippen LogP contribution in [-0.4, -0.2) is 37.9 Å². The van der Waals surface area contributed by atoms with Gasteiger partial charge in [-0.2, -0.15) is 0 Å². The minimum atomic E-state index is -0.961.